The number of carbonyl (C=O) groups is 1. The third-order valence-corrected chi connectivity index (χ3v) is 4.26. The maximum Gasteiger partial charge on any atom is 0.234 e. The lowest BCUT2D eigenvalue weighted by molar-refractivity contribution is -0.113. The van der Waals surface area contributed by atoms with Crippen molar-refractivity contribution in [2.75, 3.05) is 16.8 Å². The molecule has 104 valence electrons. The highest BCUT2D eigenvalue weighted by Gasteiger charge is 2.06. The predicted molar refractivity (Wildman–Crippen MR) is 89.1 cm³/mol. The second kappa shape index (κ2) is 6.81. The summed E-state index contributed by atoms with van der Waals surface area (Å²) >= 11 is 4.80. The summed E-state index contributed by atoms with van der Waals surface area (Å²) in [6, 6.07) is 13.3. The van der Waals surface area contributed by atoms with Gasteiger partial charge >= 0.3 is 0 Å². The second-order valence-electron chi connectivity index (χ2n) is 4.39. The van der Waals surface area contributed by atoms with Crippen LogP contribution in [-0.2, 0) is 4.79 Å². The van der Waals surface area contributed by atoms with Crippen molar-refractivity contribution < 1.29 is 4.79 Å². The molecular formula is C15H15BrN2OS. The summed E-state index contributed by atoms with van der Waals surface area (Å²) in [4.78, 5) is 12.8. The number of anilines is 2. The van der Waals surface area contributed by atoms with Crippen LogP contribution in [0, 0.1) is 6.92 Å². The number of nitrogens with two attached hydrogens (primary N) is 1. The molecule has 0 saturated heterocycles. The Hall–Kier alpha value is -1.46. The quantitative estimate of drug-likeness (QED) is 0.645. The van der Waals surface area contributed by atoms with E-state index in [4.69, 9.17) is 5.73 Å². The van der Waals surface area contributed by atoms with E-state index in [1.165, 1.54) is 11.8 Å². The Morgan fingerprint density at radius 3 is 2.65 bits per heavy atom. The predicted octanol–water partition coefficient (Wildman–Crippen LogP) is 4.07. The van der Waals surface area contributed by atoms with Gasteiger partial charge in [0, 0.05) is 20.7 Å². The van der Waals surface area contributed by atoms with Gasteiger partial charge in [0.2, 0.25) is 5.91 Å². The average molecular weight is 351 g/mol. The maximum absolute atomic E-state index is 11.9. The van der Waals surface area contributed by atoms with Crippen LogP contribution in [0.2, 0.25) is 0 Å². The van der Waals surface area contributed by atoms with Crippen LogP contribution in [0.25, 0.3) is 0 Å². The van der Waals surface area contributed by atoms with Gasteiger partial charge < -0.3 is 11.1 Å². The fraction of sp³-hybridized carbons (Fsp3) is 0.133. The van der Waals surface area contributed by atoms with Gasteiger partial charge in [-0.1, -0.05) is 22.0 Å². The van der Waals surface area contributed by atoms with Gasteiger partial charge in [0.15, 0.2) is 0 Å². The molecular weight excluding hydrogens is 336 g/mol. The van der Waals surface area contributed by atoms with E-state index in [9.17, 15) is 4.79 Å². The number of hydrogen-bond acceptors (Lipinski definition) is 3. The monoisotopic (exact) mass is 350 g/mol. The van der Waals surface area contributed by atoms with Crippen LogP contribution < -0.4 is 11.1 Å². The molecule has 0 heterocycles. The van der Waals surface area contributed by atoms with Crippen LogP contribution in [0.5, 0.6) is 0 Å². The number of rotatable bonds is 4. The Balaban J connectivity index is 1.92. The molecule has 0 aliphatic heterocycles. The maximum atomic E-state index is 11.9. The van der Waals surface area contributed by atoms with Crippen molar-refractivity contribution in [3.8, 4) is 0 Å². The van der Waals surface area contributed by atoms with Gasteiger partial charge in [-0.3, -0.25) is 4.79 Å². The first-order chi connectivity index (χ1) is 9.54. The highest BCUT2D eigenvalue weighted by Crippen LogP contribution is 2.26. The van der Waals surface area contributed by atoms with E-state index in [-0.39, 0.29) is 5.91 Å². The average Bonchev–Trinajstić information content (AvgIpc) is 2.42. The van der Waals surface area contributed by atoms with E-state index in [0.717, 1.165) is 20.6 Å². The van der Waals surface area contributed by atoms with Crippen molar-refractivity contribution in [2.45, 2.75) is 11.8 Å². The molecule has 2 aromatic carbocycles. The lowest BCUT2D eigenvalue weighted by Gasteiger charge is -2.07. The Morgan fingerprint density at radius 1 is 1.25 bits per heavy atom. The van der Waals surface area contributed by atoms with Crippen LogP contribution in [0.3, 0.4) is 0 Å². The molecule has 0 saturated carbocycles. The summed E-state index contributed by atoms with van der Waals surface area (Å²) in [5.41, 5.74) is 8.51. The molecule has 0 aromatic heterocycles. The minimum atomic E-state index is -0.0433. The molecule has 0 aliphatic carbocycles. The van der Waals surface area contributed by atoms with Crippen LogP contribution in [0.4, 0.5) is 11.4 Å². The molecule has 0 bridgehead atoms. The fourth-order valence-corrected chi connectivity index (χ4v) is 2.77. The minimum Gasteiger partial charge on any atom is -0.398 e. The normalized spacial score (nSPS) is 10.3. The zero-order valence-electron chi connectivity index (χ0n) is 11.0. The van der Waals surface area contributed by atoms with E-state index < -0.39 is 0 Å². The van der Waals surface area contributed by atoms with E-state index in [0.29, 0.717) is 11.4 Å². The van der Waals surface area contributed by atoms with Gasteiger partial charge in [-0.2, -0.15) is 0 Å². The van der Waals surface area contributed by atoms with Crippen molar-refractivity contribution in [1.29, 1.82) is 0 Å². The molecule has 0 fully saturated rings. The van der Waals surface area contributed by atoms with Crippen LogP contribution >= 0.6 is 27.7 Å². The van der Waals surface area contributed by atoms with Crippen molar-refractivity contribution >= 4 is 45.0 Å². The summed E-state index contributed by atoms with van der Waals surface area (Å²) < 4.78 is 0.984. The van der Waals surface area contributed by atoms with E-state index >= 15 is 0 Å². The second-order valence-corrected chi connectivity index (χ2v) is 6.32. The summed E-state index contributed by atoms with van der Waals surface area (Å²) in [7, 11) is 0. The number of nitrogens with one attached hydrogen (secondary N) is 1. The number of aryl methyl sites for hydroxylation is 1. The lowest BCUT2D eigenvalue weighted by Crippen LogP contribution is -2.14. The van der Waals surface area contributed by atoms with Crippen molar-refractivity contribution in [2.24, 2.45) is 0 Å². The number of halogens is 1. The zero-order chi connectivity index (χ0) is 14.5. The van der Waals surface area contributed by atoms with Crippen LogP contribution in [0.1, 0.15) is 5.56 Å². The van der Waals surface area contributed by atoms with Crippen molar-refractivity contribution in [3.05, 3.63) is 52.5 Å². The summed E-state index contributed by atoms with van der Waals surface area (Å²) in [5, 5.41) is 2.85. The van der Waals surface area contributed by atoms with Crippen molar-refractivity contribution in [1.82, 2.24) is 0 Å². The Morgan fingerprint density at radius 2 is 1.95 bits per heavy atom. The summed E-state index contributed by atoms with van der Waals surface area (Å²) in [6.45, 7) is 2.01. The number of hydrogen-bond donors (Lipinski definition) is 2. The van der Waals surface area contributed by atoms with Crippen LogP contribution in [0.15, 0.2) is 51.8 Å². The summed E-state index contributed by atoms with van der Waals surface area (Å²) in [6.07, 6.45) is 0. The summed E-state index contributed by atoms with van der Waals surface area (Å²) in [5.74, 6) is 0.294. The third kappa shape index (κ3) is 4.28. The zero-order valence-corrected chi connectivity index (χ0v) is 13.4. The molecule has 0 aliphatic rings. The van der Waals surface area contributed by atoms with Gasteiger partial charge in [0.1, 0.15) is 0 Å². The topological polar surface area (TPSA) is 55.1 Å². The third-order valence-electron chi connectivity index (χ3n) is 2.66. The largest absolute Gasteiger partial charge is 0.398 e. The molecule has 3 N–H and O–H groups in total. The minimum absolute atomic E-state index is 0.0433. The standard InChI is InChI=1S/C15H15BrN2OS/c1-10-2-7-13(17)14(8-10)20-9-15(19)18-12-5-3-11(16)4-6-12/h2-8H,9,17H2,1H3,(H,18,19). The molecule has 1 amide bonds. The van der Waals surface area contributed by atoms with Crippen molar-refractivity contribution in [3.63, 3.8) is 0 Å². The molecule has 0 spiro atoms. The molecule has 2 rings (SSSR count). The molecule has 0 atom stereocenters. The van der Waals surface area contributed by atoms with Gasteiger partial charge in [-0.15, -0.1) is 11.8 Å². The highest BCUT2D eigenvalue weighted by molar-refractivity contribution is 9.10. The first kappa shape index (κ1) is 14.9. The van der Waals surface area contributed by atoms with E-state index in [2.05, 4.69) is 21.2 Å². The smallest absolute Gasteiger partial charge is 0.234 e. The molecule has 0 radical (unpaired) electrons. The number of thioether (sulfide) groups is 1. The van der Waals surface area contributed by atoms with Gasteiger partial charge in [0.25, 0.3) is 0 Å². The molecule has 3 nitrogen and oxygen atoms in total. The molecule has 5 heteroatoms. The Bertz CT molecular complexity index is 614. The van der Waals surface area contributed by atoms with Gasteiger partial charge in [0.05, 0.1) is 5.75 Å². The number of carbonyl (C=O) groups excluding carboxylic acids is 1. The number of amides is 1. The molecule has 2 aromatic rings. The Kier molecular flexibility index (Phi) is 5.09. The SMILES string of the molecule is Cc1ccc(N)c(SCC(=O)Nc2ccc(Br)cc2)c1. The van der Waals surface area contributed by atoms with Gasteiger partial charge in [-0.25, -0.2) is 0 Å². The van der Waals surface area contributed by atoms with E-state index in [1.54, 1.807) is 0 Å². The molecule has 0 unspecified atom stereocenters. The fourth-order valence-electron chi connectivity index (χ4n) is 1.64. The first-order valence-corrected chi connectivity index (χ1v) is 7.87. The number of benzene rings is 2. The lowest BCUT2D eigenvalue weighted by atomic mass is 10.2. The van der Waals surface area contributed by atoms with Crippen LogP contribution in [-0.4, -0.2) is 11.7 Å². The van der Waals surface area contributed by atoms with E-state index in [1.807, 2.05) is 49.4 Å². The molecule has 20 heavy (non-hydrogen) atoms. The highest BCUT2D eigenvalue weighted by atomic mass is 79.9. The first-order valence-electron chi connectivity index (χ1n) is 6.09. The van der Waals surface area contributed by atoms with Gasteiger partial charge in [-0.05, 0) is 48.9 Å². The Labute approximate surface area is 131 Å². The number of nitrogen functional groups attached to an aromatic ring is 1.